The first-order valence-electron chi connectivity index (χ1n) is 7.57. The Morgan fingerprint density at radius 2 is 1.84 bits per heavy atom. The van der Waals surface area contributed by atoms with Crippen LogP contribution in [0.3, 0.4) is 0 Å². The third kappa shape index (κ3) is 2.91. The number of carbonyl (C=O) groups excluding carboxylic acids is 1. The average molecular weight is 258 g/mol. The number of benzene rings is 1. The van der Waals surface area contributed by atoms with E-state index in [2.05, 4.69) is 39.8 Å². The van der Waals surface area contributed by atoms with Crippen LogP contribution in [-0.4, -0.2) is 5.78 Å². The highest BCUT2D eigenvalue weighted by Gasteiger charge is 2.41. The summed E-state index contributed by atoms with van der Waals surface area (Å²) < 4.78 is 0. The first kappa shape index (κ1) is 14.3. The standard InChI is InChI=1S/C18H26O/c1-13(2)12-18(9-5-6-10-18)17(19)16-8-7-14(3)11-15(16)4/h7-8,11,13H,5-6,9-10,12H2,1-4H3. The van der Waals surface area contributed by atoms with Gasteiger partial charge in [-0.25, -0.2) is 0 Å². The van der Waals surface area contributed by atoms with E-state index >= 15 is 0 Å². The molecule has 0 amide bonds. The molecular formula is C18H26O. The Morgan fingerprint density at radius 3 is 2.37 bits per heavy atom. The third-order valence-electron chi connectivity index (χ3n) is 4.47. The van der Waals surface area contributed by atoms with Gasteiger partial charge in [-0.15, -0.1) is 0 Å². The molecular weight excluding hydrogens is 232 g/mol. The second-order valence-corrected chi connectivity index (χ2v) is 6.73. The summed E-state index contributed by atoms with van der Waals surface area (Å²) in [4.78, 5) is 13.0. The third-order valence-corrected chi connectivity index (χ3v) is 4.47. The predicted molar refractivity (Wildman–Crippen MR) is 80.6 cm³/mol. The molecule has 0 aromatic heterocycles. The van der Waals surface area contributed by atoms with Gasteiger partial charge in [-0.2, -0.15) is 0 Å². The van der Waals surface area contributed by atoms with Gasteiger partial charge >= 0.3 is 0 Å². The Labute approximate surface area is 117 Å². The van der Waals surface area contributed by atoms with Crippen LogP contribution in [0.5, 0.6) is 0 Å². The molecule has 0 unspecified atom stereocenters. The number of rotatable bonds is 4. The second-order valence-electron chi connectivity index (χ2n) is 6.73. The largest absolute Gasteiger partial charge is 0.294 e. The van der Waals surface area contributed by atoms with Crippen LogP contribution >= 0.6 is 0 Å². The van der Waals surface area contributed by atoms with Gasteiger partial charge in [0.15, 0.2) is 5.78 Å². The second kappa shape index (κ2) is 5.48. The van der Waals surface area contributed by atoms with Gasteiger partial charge in [0.2, 0.25) is 0 Å². The minimum absolute atomic E-state index is 0.0752. The minimum atomic E-state index is -0.0752. The normalized spacial score (nSPS) is 17.9. The molecule has 0 N–H and O–H groups in total. The van der Waals surface area contributed by atoms with Gasteiger partial charge in [-0.1, -0.05) is 50.5 Å². The molecule has 0 atom stereocenters. The Balaban J connectivity index is 2.34. The molecule has 1 fully saturated rings. The molecule has 1 aliphatic rings. The molecule has 0 radical (unpaired) electrons. The molecule has 1 nitrogen and oxygen atoms in total. The smallest absolute Gasteiger partial charge is 0.169 e. The molecule has 1 saturated carbocycles. The van der Waals surface area contributed by atoms with Crippen LogP contribution in [0, 0.1) is 25.2 Å². The number of hydrogen-bond acceptors (Lipinski definition) is 1. The summed E-state index contributed by atoms with van der Waals surface area (Å²) in [5.41, 5.74) is 3.25. The van der Waals surface area contributed by atoms with Crippen molar-refractivity contribution >= 4 is 5.78 Å². The maximum atomic E-state index is 13.0. The maximum Gasteiger partial charge on any atom is 0.169 e. The number of ketones is 1. The fourth-order valence-electron chi connectivity index (χ4n) is 3.71. The maximum absolute atomic E-state index is 13.0. The summed E-state index contributed by atoms with van der Waals surface area (Å²) >= 11 is 0. The van der Waals surface area contributed by atoms with Gasteiger partial charge in [-0.05, 0) is 44.6 Å². The van der Waals surface area contributed by atoms with Crippen LogP contribution in [-0.2, 0) is 0 Å². The molecule has 1 aromatic carbocycles. The minimum Gasteiger partial charge on any atom is -0.294 e. The summed E-state index contributed by atoms with van der Waals surface area (Å²) in [6.45, 7) is 8.61. The van der Waals surface area contributed by atoms with E-state index in [0.29, 0.717) is 11.7 Å². The van der Waals surface area contributed by atoms with Gasteiger partial charge in [0.25, 0.3) is 0 Å². The molecule has 0 spiro atoms. The van der Waals surface area contributed by atoms with Gasteiger partial charge in [-0.3, -0.25) is 4.79 Å². The lowest BCUT2D eigenvalue weighted by molar-refractivity contribution is 0.0759. The lowest BCUT2D eigenvalue weighted by Gasteiger charge is -2.30. The Kier molecular flexibility index (Phi) is 4.13. The van der Waals surface area contributed by atoms with Gasteiger partial charge in [0.1, 0.15) is 0 Å². The zero-order valence-electron chi connectivity index (χ0n) is 12.8. The van der Waals surface area contributed by atoms with Crippen molar-refractivity contribution in [3.05, 3.63) is 34.9 Å². The van der Waals surface area contributed by atoms with E-state index in [9.17, 15) is 4.79 Å². The Hall–Kier alpha value is -1.11. The quantitative estimate of drug-likeness (QED) is 0.687. The predicted octanol–water partition coefficient (Wildman–Crippen LogP) is 5.09. The van der Waals surface area contributed by atoms with Crippen molar-refractivity contribution in [2.24, 2.45) is 11.3 Å². The number of hydrogen-bond donors (Lipinski definition) is 0. The van der Waals surface area contributed by atoms with Crippen LogP contribution in [0.4, 0.5) is 0 Å². The lowest BCUT2D eigenvalue weighted by atomic mass is 9.72. The highest BCUT2D eigenvalue weighted by Crippen LogP contribution is 2.45. The zero-order valence-corrected chi connectivity index (χ0v) is 12.8. The van der Waals surface area contributed by atoms with E-state index in [4.69, 9.17) is 0 Å². The topological polar surface area (TPSA) is 17.1 Å². The number of Topliss-reactive ketones (excluding diaryl/α,β-unsaturated/α-hetero) is 1. The van der Waals surface area contributed by atoms with Gasteiger partial charge < -0.3 is 0 Å². The van der Waals surface area contributed by atoms with Crippen LogP contribution in [0.25, 0.3) is 0 Å². The fraction of sp³-hybridized carbons (Fsp3) is 0.611. The molecule has 104 valence electrons. The summed E-state index contributed by atoms with van der Waals surface area (Å²) in [7, 11) is 0. The SMILES string of the molecule is Cc1ccc(C(=O)C2(CC(C)C)CCCC2)c(C)c1. The number of carbonyl (C=O) groups is 1. The summed E-state index contributed by atoms with van der Waals surface area (Å²) in [6, 6.07) is 6.23. The Morgan fingerprint density at radius 1 is 1.21 bits per heavy atom. The number of aryl methyl sites for hydroxylation is 2. The first-order valence-corrected chi connectivity index (χ1v) is 7.57. The van der Waals surface area contributed by atoms with E-state index in [1.165, 1.54) is 18.4 Å². The summed E-state index contributed by atoms with van der Waals surface area (Å²) in [5, 5.41) is 0. The molecule has 0 saturated heterocycles. The monoisotopic (exact) mass is 258 g/mol. The van der Waals surface area contributed by atoms with Crippen molar-refractivity contribution in [3.63, 3.8) is 0 Å². The highest BCUT2D eigenvalue weighted by atomic mass is 16.1. The lowest BCUT2D eigenvalue weighted by Crippen LogP contribution is -2.30. The average Bonchev–Trinajstić information content (AvgIpc) is 2.77. The molecule has 0 bridgehead atoms. The molecule has 1 aliphatic carbocycles. The van der Waals surface area contributed by atoms with Crippen LogP contribution in [0.15, 0.2) is 18.2 Å². The molecule has 0 aliphatic heterocycles. The molecule has 1 aromatic rings. The van der Waals surface area contributed by atoms with Crippen molar-refractivity contribution < 1.29 is 4.79 Å². The van der Waals surface area contributed by atoms with Crippen molar-refractivity contribution in [2.45, 2.75) is 59.8 Å². The van der Waals surface area contributed by atoms with Gasteiger partial charge in [0.05, 0.1) is 0 Å². The van der Waals surface area contributed by atoms with E-state index in [0.717, 1.165) is 30.4 Å². The van der Waals surface area contributed by atoms with Gasteiger partial charge in [0, 0.05) is 11.0 Å². The van der Waals surface area contributed by atoms with Crippen molar-refractivity contribution in [1.82, 2.24) is 0 Å². The van der Waals surface area contributed by atoms with Crippen molar-refractivity contribution in [3.8, 4) is 0 Å². The summed E-state index contributed by atoms with van der Waals surface area (Å²) in [5.74, 6) is 0.990. The highest BCUT2D eigenvalue weighted by molar-refractivity contribution is 6.02. The molecule has 2 rings (SSSR count). The first-order chi connectivity index (χ1) is 8.94. The zero-order chi connectivity index (χ0) is 14.0. The van der Waals surface area contributed by atoms with E-state index in [-0.39, 0.29) is 5.41 Å². The van der Waals surface area contributed by atoms with E-state index in [1.807, 2.05) is 6.07 Å². The summed E-state index contributed by atoms with van der Waals surface area (Å²) in [6.07, 6.45) is 5.63. The molecule has 19 heavy (non-hydrogen) atoms. The molecule has 1 heteroatoms. The van der Waals surface area contributed by atoms with Crippen molar-refractivity contribution in [1.29, 1.82) is 0 Å². The van der Waals surface area contributed by atoms with Crippen LogP contribution in [0.1, 0.15) is 67.4 Å². The van der Waals surface area contributed by atoms with Crippen LogP contribution in [0.2, 0.25) is 0 Å². The molecule has 0 heterocycles. The van der Waals surface area contributed by atoms with Crippen molar-refractivity contribution in [2.75, 3.05) is 0 Å². The van der Waals surface area contributed by atoms with E-state index in [1.54, 1.807) is 0 Å². The van der Waals surface area contributed by atoms with Crippen LogP contribution < -0.4 is 0 Å². The Bertz CT molecular complexity index is 465. The fourth-order valence-corrected chi connectivity index (χ4v) is 3.71. The van der Waals surface area contributed by atoms with E-state index < -0.39 is 0 Å².